The molecule has 4 heteroatoms. The Morgan fingerprint density at radius 2 is 1.21 bits per heavy atom. The summed E-state index contributed by atoms with van der Waals surface area (Å²) in [5.74, 6) is -1.04. The molecule has 0 unspecified atom stereocenters. The van der Waals surface area contributed by atoms with Gasteiger partial charge in [0.25, 0.3) is 0 Å². The fraction of sp³-hybridized carbons (Fsp3) is 0.700. The lowest BCUT2D eigenvalue weighted by Gasteiger charge is -2.19. The zero-order valence-electron chi connectivity index (χ0n) is 14.3. The molecule has 24 heavy (non-hydrogen) atoms. The summed E-state index contributed by atoms with van der Waals surface area (Å²) in [5.41, 5.74) is 1.04. The van der Waals surface area contributed by atoms with E-state index < -0.39 is 5.75 Å². The van der Waals surface area contributed by atoms with Crippen molar-refractivity contribution < 1.29 is 20.1 Å². The molecule has 0 aromatic heterocycles. The smallest absolute Gasteiger partial charge is 0.200 e. The van der Waals surface area contributed by atoms with Crippen molar-refractivity contribution >= 4 is 0 Å². The number of methoxy groups -OCH3 is 1. The molecular formula is C20H42O4. The SMILES string of the molecule is C.C.C.CC(C)(C)c1cc(O)c(O)c(O)c1.COCCC(C)(C)C. The average molecular weight is 347 g/mol. The molecule has 0 atom stereocenters. The van der Waals surface area contributed by atoms with Gasteiger partial charge in [-0.1, -0.05) is 63.8 Å². The first kappa shape index (κ1) is 30.5. The van der Waals surface area contributed by atoms with E-state index in [-0.39, 0.29) is 39.2 Å². The van der Waals surface area contributed by atoms with E-state index in [4.69, 9.17) is 9.84 Å². The summed E-state index contributed by atoms with van der Waals surface area (Å²) in [5, 5.41) is 27.6. The molecule has 1 aromatic rings. The third-order valence-electron chi connectivity index (χ3n) is 2.99. The topological polar surface area (TPSA) is 69.9 Å². The summed E-state index contributed by atoms with van der Waals surface area (Å²) in [6, 6.07) is 2.91. The molecule has 3 N–H and O–H groups in total. The van der Waals surface area contributed by atoms with Gasteiger partial charge in [0.1, 0.15) is 0 Å². The number of hydrogen-bond acceptors (Lipinski definition) is 4. The Morgan fingerprint density at radius 1 is 0.833 bits per heavy atom. The Kier molecular flexibility index (Phi) is 15.3. The maximum atomic E-state index is 9.23. The Morgan fingerprint density at radius 3 is 1.42 bits per heavy atom. The first-order valence-corrected chi connectivity index (χ1v) is 7.13. The summed E-state index contributed by atoms with van der Waals surface area (Å²) >= 11 is 0. The third-order valence-corrected chi connectivity index (χ3v) is 2.99. The number of phenolic OH excluding ortho intramolecular Hbond substituents is 3. The minimum absolute atomic E-state index is 0. The zero-order chi connectivity index (χ0) is 16.8. The van der Waals surface area contributed by atoms with Gasteiger partial charge in [0, 0.05) is 13.7 Å². The number of aromatic hydroxyl groups is 3. The maximum Gasteiger partial charge on any atom is 0.200 e. The molecule has 1 rings (SSSR count). The van der Waals surface area contributed by atoms with Crippen LogP contribution in [0.4, 0.5) is 0 Å². The van der Waals surface area contributed by atoms with Gasteiger partial charge in [0.2, 0.25) is 0 Å². The van der Waals surface area contributed by atoms with Crippen LogP contribution in [0.25, 0.3) is 0 Å². The Bertz CT molecular complexity index is 417. The molecule has 0 spiro atoms. The minimum atomic E-state index is -0.465. The van der Waals surface area contributed by atoms with Crippen molar-refractivity contribution in [3.05, 3.63) is 17.7 Å². The number of benzene rings is 1. The van der Waals surface area contributed by atoms with Crippen LogP contribution < -0.4 is 0 Å². The first-order valence-electron chi connectivity index (χ1n) is 7.13. The Labute approximate surface area is 150 Å². The molecule has 0 radical (unpaired) electrons. The highest BCUT2D eigenvalue weighted by atomic mass is 16.5. The van der Waals surface area contributed by atoms with Crippen LogP contribution in [0, 0.1) is 5.41 Å². The summed E-state index contributed by atoms with van der Waals surface area (Å²) in [4.78, 5) is 0. The van der Waals surface area contributed by atoms with Gasteiger partial charge in [-0.05, 0) is 34.9 Å². The van der Waals surface area contributed by atoms with Crippen molar-refractivity contribution in [1.29, 1.82) is 0 Å². The summed E-state index contributed by atoms with van der Waals surface area (Å²) < 4.78 is 4.92. The highest BCUT2D eigenvalue weighted by Gasteiger charge is 2.17. The molecule has 0 aliphatic rings. The Hall–Kier alpha value is -1.42. The molecule has 0 saturated heterocycles. The molecule has 0 aliphatic heterocycles. The largest absolute Gasteiger partial charge is 0.504 e. The predicted molar refractivity (Wildman–Crippen MR) is 106 cm³/mol. The zero-order valence-corrected chi connectivity index (χ0v) is 14.3. The normalized spacial score (nSPS) is 10.3. The highest BCUT2D eigenvalue weighted by molar-refractivity contribution is 5.52. The lowest BCUT2D eigenvalue weighted by atomic mass is 9.87. The molecule has 0 bridgehead atoms. The second-order valence-corrected chi connectivity index (χ2v) is 7.42. The van der Waals surface area contributed by atoms with Gasteiger partial charge in [-0.3, -0.25) is 0 Å². The van der Waals surface area contributed by atoms with Crippen molar-refractivity contribution in [3.63, 3.8) is 0 Å². The maximum absolute atomic E-state index is 9.23. The first-order chi connectivity index (χ1) is 9.38. The molecule has 0 fully saturated rings. The van der Waals surface area contributed by atoms with E-state index in [0.717, 1.165) is 18.6 Å². The van der Waals surface area contributed by atoms with E-state index in [9.17, 15) is 10.2 Å². The van der Waals surface area contributed by atoms with E-state index in [1.54, 1.807) is 7.11 Å². The Balaban J connectivity index is -0.000000162. The van der Waals surface area contributed by atoms with Gasteiger partial charge in [-0.25, -0.2) is 0 Å². The molecule has 146 valence electrons. The van der Waals surface area contributed by atoms with E-state index in [1.165, 1.54) is 12.1 Å². The lowest BCUT2D eigenvalue weighted by Crippen LogP contribution is -2.10. The van der Waals surface area contributed by atoms with Crippen LogP contribution in [0.5, 0.6) is 17.2 Å². The van der Waals surface area contributed by atoms with Gasteiger partial charge >= 0.3 is 0 Å². The van der Waals surface area contributed by atoms with E-state index in [1.807, 2.05) is 20.8 Å². The second kappa shape index (κ2) is 12.0. The molecule has 1 aromatic carbocycles. The van der Waals surface area contributed by atoms with Gasteiger partial charge in [-0.2, -0.15) is 0 Å². The predicted octanol–water partition coefficient (Wildman–Crippen LogP) is 6.08. The summed E-state index contributed by atoms with van der Waals surface area (Å²) in [6.07, 6.45) is 1.14. The minimum Gasteiger partial charge on any atom is -0.504 e. The molecule has 4 nitrogen and oxygen atoms in total. The average Bonchev–Trinajstić information content (AvgIpc) is 2.31. The molecule has 0 aliphatic carbocycles. The standard InChI is InChI=1S/C10H14O3.C7H16O.3CH4/c1-10(2,3)6-4-7(11)9(13)8(12)5-6;1-7(2,3)5-6-8-4;;;/h4-5,11-13H,1-3H3;5-6H2,1-4H3;3*1H4. The van der Waals surface area contributed by atoms with Crippen LogP contribution in [-0.2, 0) is 10.2 Å². The number of rotatable bonds is 2. The van der Waals surface area contributed by atoms with Crippen LogP contribution in [0.1, 0.15) is 75.8 Å². The van der Waals surface area contributed by atoms with Crippen molar-refractivity contribution in [2.45, 2.75) is 75.7 Å². The van der Waals surface area contributed by atoms with Crippen LogP contribution in [0.3, 0.4) is 0 Å². The molecular weight excluding hydrogens is 304 g/mol. The van der Waals surface area contributed by atoms with Crippen molar-refractivity contribution in [2.24, 2.45) is 5.41 Å². The summed E-state index contributed by atoms with van der Waals surface area (Å²) in [6.45, 7) is 13.4. The third kappa shape index (κ3) is 12.1. The number of hydrogen-bond donors (Lipinski definition) is 3. The van der Waals surface area contributed by atoms with E-state index >= 15 is 0 Å². The van der Waals surface area contributed by atoms with Crippen LogP contribution >= 0.6 is 0 Å². The number of ether oxygens (including phenoxy) is 1. The highest BCUT2D eigenvalue weighted by Crippen LogP contribution is 2.38. The van der Waals surface area contributed by atoms with Crippen molar-refractivity contribution in [3.8, 4) is 17.2 Å². The van der Waals surface area contributed by atoms with Crippen LogP contribution in [-0.4, -0.2) is 29.0 Å². The summed E-state index contributed by atoms with van der Waals surface area (Å²) in [7, 11) is 1.74. The fourth-order valence-electron chi connectivity index (χ4n) is 1.45. The quantitative estimate of drug-likeness (QED) is 0.568. The fourth-order valence-corrected chi connectivity index (χ4v) is 1.45. The van der Waals surface area contributed by atoms with Gasteiger partial charge in [0.15, 0.2) is 17.2 Å². The second-order valence-electron chi connectivity index (χ2n) is 7.42. The van der Waals surface area contributed by atoms with Crippen LogP contribution in [0.15, 0.2) is 12.1 Å². The van der Waals surface area contributed by atoms with Gasteiger partial charge < -0.3 is 20.1 Å². The monoisotopic (exact) mass is 346 g/mol. The number of phenols is 3. The molecule has 0 saturated carbocycles. The molecule has 0 heterocycles. The van der Waals surface area contributed by atoms with Crippen molar-refractivity contribution in [2.75, 3.05) is 13.7 Å². The van der Waals surface area contributed by atoms with Gasteiger partial charge in [-0.15, -0.1) is 0 Å². The molecule has 0 amide bonds. The lowest BCUT2D eigenvalue weighted by molar-refractivity contribution is 0.159. The van der Waals surface area contributed by atoms with Crippen LogP contribution in [0.2, 0.25) is 0 Å². The van der Waals surface area contributed by atoms with E-state index in [2.05, 4.69) is 20.8 Å². The van der Waals surface area contributed by atoms with E-state index in [0.29, 0.717) is 5.41 Å². The van der Waals surface area contributed by atoms with Gasteiger partial charge in [0.05, 0.1) is 0 Å². The van der Waals surface area contributed by atoms with Crippen molar-refractivity contribution in [1.82, 2.24) is 0 Å².